The highest BCUT2D eigenvalue weighted by molar-refractivity contribution is 7.18. The Labute approximate surface area is 166 Å². The molecule has 0 spiro atoms. The van der Waals surface area contributed by atoms with E-state index in [9.17, 15) is 9.59 Å². The Morgan fingerprint density at radius 3 is 2.96 bits per heavy atom. The van der Waals surface area contributed by atoms with Crippen LogP contribution in [0.5, 0.6) is 0 Å². The van der Waals surface area contributed by atoms with Crippen LogP contribution in [0.4, 0.5) is 0 Å². The number of aromatic nitrogens is 2. The van der Waals surface area contributed by atoms with Crippen LogP contribution in [0.1, 0.15) is 47.3 Å². The Kier molecular flexibility index (Phi) is 5.41. The van der Waals surface area contributed by atoms with E-state index in [1.54, 1.807) is 22.7 Å². The number of hydrogen-bond acceptors (Lipinski definition) is 5. The van der Waals surface area contributed by atoms with Crippen molar-refractivity contribution >= 4 is 38.8 Å². The van der Waals surface area contributed by atoms with Gasteiger partial charge in [0.25, 0.3) is 5.56 Å². The lowest BCUT2D eigenvalue weighted by molar-refractivity contribution is -0.131. The average molecular weight is 402 g/mol. The molecule has 3 aromatic rings. The summed E-state index contributed by atoms with van der Waals surface area (Å²) in [5.74, 6) is 0.714. The number of fused-ring (bicyclic) bond motifs is 3. The minimum Gasteiger partial charge on any atom is -0.338 e. The minimum atomic E-state index is -0.0483. The van der Waals surface area contributed by atoms with Crippen LogP contribution in [0.2, 0.25) is 0 Å². The third-order valence-corrected chi connectivity index (χ3v) is 7.16. The van der Waals surface area contributed by atoms with Crippen molar-refractivity contribution in [3.8, 4) is 0 Å². The van der Waals surface area contributed by atoms with Gasteiger partial charge in [0.2, 0.25) is 5.91 Å². The molecule has 0 saturated carbocycles. The number of aromatic amines is 1. The molecule has 27 heavy (non-hydrogen) atoms. The first kappa shape index (κ1) is 18.4. The maximum Gasteiger partial charge on any atom is 0.259 e. The van der Waals surface area contributed by atoms with Gasteiger partial charge in [-0.15, -0.1) is 22.7 Å². The molecule has 0 unspecified atom stereocenters. The molecule has 3 aromatic heterocycles. The lowest BCUT2D eigenvalue weighted by Crippen LogP contribution is -2.30. The van der Waals surface area contributed by atoms with Crippen molar-refractivity contribution in [1.82, 2.24) is 14.9 Å². The lowest BCUT2D eigenvalue weighted by atomic mass is 9.97. The summed E-state index contributed by atoms with van der Waals surface area (Å²) in [6, 6.07) is 4.05. The van der Waals surface area contributed by atoms with Crippen LogP contribution in [0.3, 0.4) is 0 Å². The van der Waals surface area contributed by atoms with E-state index < -0.39 is 0 Å². The largest absolute Gasteiger partial charge is 0.338 e. The Bertz CT molecular complexity index is 1000. The van der Waals surface area contributed by atoms with Crippen molar-refractivity contribution in [2.75, 3.05) is 6.54 Å². The zero-order chi connectivity index (χ0) is 18.8. The summed E-state index contributed by atoms with van der Waals surface area (Å²) < 4.78 is 0. The van der Waals surface area contributed by atoms with Crippen molar-refractivity contribution in [3.63, 3.8) is 0 Å². The molecule has 0 fully saturated rings. The number of nitrogens with zero attached hydrogens (tertiary/aromatic N) is 2. The Balaban J connectivity index is 1.48. The second kappa shape index (κ2) is 7.94. The fourth-order valence-electron chi connectivity index (χ4n) is 3.68. The molecule has 0 aliphatic heterocycles. The smallest absolute Gasteiger partial charge is 0.259 e. The highest BCUT2D eigenvalue weighted by Crippen LogP contribution is 2.33. The Hall–Kier alpha value is -1.99. The van der Waals surface area contributed by atoms with Gasteiger partial charge in [0, 0.05) is 29.1 Å². The number of aryl methyl sites for hydroxylation is 3. The summed E-state index contributed by atoms with van der Waals surface area (Å²) in [6.07, 6.45) is 5.19. The molecule has 4 rings (SSSR count). The van der Waals surface area contributed by atoms with Gasteiger partial charge in [-0.25, -0.2) is 4.98 Å². The molecule has 0 bridgehead atoms. The maximum absolute atomic E-state index is 12.6. The van der Waals surface area contributed by atoms with E-state index in [1.165, 1.54) is 21.7 Å². The normalized spacial score (nSPS) is 13.7. The highest BCUT2D eigenvalue weighted by atomic mass is 32.1. The number of rotatable bonds is 6. The quantitative estimate of drug-likeness (QED) is 0.681. The van der Waals surface area contributed by atoms with E-state index in [0.717, 1.165) is 29.5 Å². The van der Waals surface area contributed by atoms with E-state index in [4.69, 9.17) is 0 Å². The van der Waals surface area contributed by atoms with E-state index in [-0.39, 0.29) is 11.5 Å². The van der Waals surface area contributed by atoms with Gasteiger partial charge in [-0.1, -0.05) is 6.07 Å². The molecule has 0 atom stereocenters. The van der Waals surface area contributed by atoms with Crippen LogP contribution >= 0.6 is 22.7 Å². The van der Waals surface area contributed by atoms with Gasteiger partial charge in [0.05, 0.1) is 11.9 Å². The first-order valence-electron chi connectivity index (χ1n) is 9.49. The summed E-state index contributed by atoms with van der Waals surface area (Å²) in [5.41, 5.74) is 1.15. The topological polar surface area (TPSA) is 66.1 Å². The molecule has 142 valence electrons. The molecule has 7 heteroatoms. The summed E-state index contributed by atoms with van der Waals surface area (Å²) in [6.45, 7) is 3.32. The molecule has 0 aromatic carbocycles. The van der Waals surface area contributed by atoms with Gasteiger partial charge in [0.15, 0.2) is 0 Å². The summed E-state index contributed by atoms with van der Waals surface area (Å²) in [4.78, 5) is 38.0. The molecule has 1 N–H and O–H groups in total. The lowest BCUT2D eigenvalue weighted by Gasteiger charge is -2.20. The molecule has 5 nitrogen and oxygen atoms in total. The average Bonchev–Trinajstić information content (AvgIpc) is 3.31. The molecular weight excluding hydrogens is 378 g/mol. The standard InChI is InChI=1S/C20H23N3O2S2/c1-2-23(12-13-6-5-11-26-13)17(24)10-9-16-21-19(25)18-14-7-3-4-8-15(14)27-20(18)22-16/h5-6,11H,2-4,7-10,12H2,1H3,(H,21,22,25). The SMILES string of the molecule is CCN(Cc1cccs1)C(=O)CCc1nc2sc3c(c2c(=O)[nH]1)CCCC3. The van der Waals surface area contributed by atoms with Crippen LogP contribution < -0.4 is 5.56 Å². The monoisotopic (exact) mass is 401 g/mol. The number of carbonyl (C=O) groups excluding carboxylic acids is 1. The van der Waals surface area contributed by atoms with Gasteiger partial charge in [-0.05, 0) is 49.6 Å². The van der Waals surface area contributed by atoms with Gasteiger partial charge < -0.3 is 9.88 Å². The molecular formula is C20H23N3O2S2. The third kappa shape index (κ3) is 3.84. The highest BCUT2D eigenvalue weighted by Gasteiger charge is 2.20. The van der Waals surface area contributed by atoms with Crippen LogP contribution in [-0.2, 0) is 30.6 Å². The van der Waals surface area contributed by atoms with Crippen molar-refractivity contribution in [3.05, 3.63) is 49.0 Å². The van der Waals surface area contributed by atoms with Crippen LogP contribution in [0.25, 0.3) is 10.2 Å². The number of carbonyl (C=O) groups is 1. The van der Waals surface area contributed by atoms with Crippen molar-refractivity contribution in [2.24, 2.45) is 0 Å². The molecule has 1 amide bonds. The number of H-pyrrole nitrogens is 1. The van der Waals surface area contributed by atoms with E-state index in [2.05, 4.69) is 9.97 Å². The zero-order valence-electron chi connectivity index (χ0n) is 15.4. The number of hydrogen-bond donors (Lipinski definition) is 1. The molecule has 0 saturated heterocycles. The summed E-state index contributed by atoms with van der Waals surface area (Å²) in [7, 11) is 0. The van der Waals surface area contributed by atoms with Gasteiger partial charge in [0.1, 0.15) is 10.7 Å². The first-order valence-corrected chi connectivity index (χ1v) is 11.2. The molecule has 0 radical (unpaired) electrons. The molecule has 3 heterocycles. The van der Waals surface area contributed by atoms with Gasteiger partial charge in [-0.3, -0.25) is 9.59 Å². The number of amides is 1. The third-order valence-electron chi connectivity index (χ3n) is 5.11. The van der Waals surface area contributed by atoms with E-state index in [1.807, 2.05) is 29.3 Å². The molecule has 1 aliphatic rings. The van der Waals surface area contributed by atoms with Crippen LogP contribution in [0.15, 0.2) is 22.3 Å². The predicted octanol–water partition coefficient (Wildman–Crippen LogP) is 3.91. The number of nitrogens with one attached hydrogen (secondary N) is 1. The van der Waals surface area contributed by atoms with Crippen molar-refractivity contribution in [2.45, 2.75) is 52.0 Å². The Morgan fingerprint density at radius 1 is 1.33 bits per heavy atom. The first-order chi connectivity index (χ1) is 13.2. The van der Waals surface area contributed by atoms with Gasteiger partial charge in [-0.2, -0.15) is 0 Å². The fraction of sp³-hybridized carbons (Fsp3) is 0.450. The fourth-order valence-corrected chi connectivity index (χ4v) is 5.68. The van der Waals surface area contributed by atoms with Crippen LogP contribution in [-0.4, -0.2) is 27.3 Å². The van der Waals surface area contributed by atoms with Crippen LogP contribution in [0, 0.1) is 0 Å². The Morgan fingerprint density at radius 2 is 2.19 bits per heavy atom. The van der Waals surface area contributed by atoms with E-state index in [0.29, 0.717) is 31.8 Å². The van der Waals surface area contributed by atoms with Crippen molar-refractivity contribution in [1.29, 1.82) is 0 Å². The maximum atomic E-state index is 12.6. The minimum absolute atomic E-state index is 0.0483. The van der Waals surface area contributed by atoms with Gasteiger partial charge >= 0.3 is 0 Å². The second-order valence-electron chi connectivity index (χ2n) is 6.89. The van der Waals surface area contributed by atoms with Crippen molar-refractivity contribution < 1.29 is 4.79 Å². The zero-order valence-corrected chi connectivity index (χ0v) is 17.0. The summed E-state index contributed by atoms with van der Waals surface area (Å²) >= 11 is 3.31. The molecule has 1 aliphatic carbocycles. The summed E-state index contributed by atoms with van der Waals surface area (Å²) in [5, 5.41) is 2.80. The number of thiophene rings is 2. The second-order valence-corrected chi connectivity index (χ2v) is 9.01. The van der Waals surface area contributed by atoms with E-state index >= 15 is 0 Å². The predicted molar refractivity (Wildman–Crippen MR) is 111 cm³/mol.